The van der Waals surface area contributed by atoms with Crippen LogP contribution in [0.3, 0.4) is 0 Å². The molecule has 0 saturated heterocycles. The van der Waals surface area contributed by atoms with E-state index in [4.69, 9.17) is 21.4 Å². The maximum Gasteiger partial charge on any atom is 0.306 e. The van der Waals surface area contributed by atoms with Gasteiger partial charge in [0.25, 0.3) is 0 Å². The van der Waals surface area contributed by atoms with Crippen LogP contribution >= 0.6 is 11.6 Å². The summed E-state index contributed by atoms with van der Waals surface area (Å²) in [6.07, 6.45) is -0.103. The highest BCUT2D eigenvalue weighted by Crippen LogP contribution is 2.24. The van der Waals surface area contributed by atoms with Crippen molar-refractivity contribution in [3.8, 4) is 5.75 Å². The van der Waals surface area contributed by atoms with E-state index in [1.54, 1.807) is 6.92 Å². The fraction of sp³-hybridized carbons (Fsp3) is 0.300. The molecule has 1 N–H and O–H groups in total. The van der Waals surface area contributed by atoms with Gasteiger partial charge in [0.05, 0.1) is 18.1 Å². The van der Waals surface area contributed by atoms with Crippen LogP contribution in [0.4, 0.5) is 4.39 Å². The highest BCUT2D eigenvalue weighted by atomic mass is 35.5. The van der Waals surface area contributed by atoms with E-state index < -0.39 is 11.8 Å². The number of ether oxygens (including phenoxy) is 1. The Bertz CT molecular complexity index is 356. The highest BCUT2D eigenvalue weighted by Gasteiger charge is 2.07. The molecule has 5 heteroatoms. The molecule has 0 radical (unpaired) electrons. The highest BCUT2D eigenvalue weighted by molar-refractivity contribution is 6.30. The predicted octanol–water partition coefficient (Wildman–Crippen LogP) is 2.64. The molecule has 0 spiro atoms. The number of hydrogen-bond donors (Lipinski definition) is 1. The lowest BCUT2D eigenvalue weighted by Crippen LogP contribution is -2.05. The molecule has 0 fully saturated rings. The molecule has 0 aliphatic rings. The van der Waals surface area contributed by atoms with Crippen LogP contribution in [0.25, 0.3) is 0 Å². The van der Waals surface area contributed by atoms with Crippen LogP contribution < -0.4 is 4.74 Å². The first-order chi connectivity index (χ1) is 7.00. The summed E-state index contributed by atoms with van der Waals surface area (Å²) in [7, 11) is 0. The van der Waals surface area contributed by atoms with E-state index in [0.717, 1.165) is 0 Å². The van der Waals surface area contributed by atoms with Crippen LogP contribution in [-0.4, -0.2) is 17.7 Å². The molecule has 0 atom stereocenters. The maximum atomic E-state index is 13.1. The summed E-state index contributed by atoms with van der Waals surface area (Å²) >= 11 is 5.59. The fourth-order valence-corrected chi connectivity index (χ4v) is 1.29. The zero-order valence-electron chi connectivity index (χ0n) is 8.09. The number of aryl methyl sites for hydroxylation is 1. The fourth-order valence-electron chi connectivity index (χ4n) is 1.03. The molecule has 1 aromatic carbocycles. The largest absolute Gasteiger partial charge is 0.493 e. The Kier molecular flexibility index (Phi) is 3.91. The molecular formula is C10H10ClFO3. The number of aliphatic carboxylic acids is 1. The topological polar surface area (TPSA) is 46.5 Å². The Morgan fingerprint density at radius 1 is 1.60 bits per heavy atom. The van der Waals surface area contributed by atoms with Crippen LogP contribution in [0.5, 0.6) is 5.75 Å². The molecule has 15 heavy (non-hydrogen) atoms. The minimum atomic E-state index is -0.945. The molecule has 1 aromatic rings. The monoisotopic (exact) mass is 232 g/mol. The van der Waals surface area contributed by atoms with E-state index in [2.05, 4.69) is 0 Å². The Balaban J connectivity index is 2.66. The van der Waals surface area contributed by atoms with Crippen LogP contribution in [0.2, 0.25) is 5.02 Å². The summed E-state index contributed by atoms with van der Waals surface area (Å²) in [6, 6.07) is 2.80. The molecule has 0 saturated carbocycles. The third-order valence-electron chi connectivity index (χ3n) is 1.77. The molecule has 0 aromatic heterocycles. The van der Waals surface area contributed by atoms with Gasteiger partial charge >= 0.3 is 5.97 Å². The van der Waals surface area contributed by atoms with Gasteiger partial charge in [0.15, 0.2) is 0 Å². The quantitative estimate of drug-likeness (QED) is 0.868. The zero-order valence-corrected chi connectivity index (χ0v) is 8.84. The van der Waals surface area contributed by atoms with Crippen molar-refractivity contribution >= 4 is 17.6 Å². The summed E-state index contributed by atoms with van der Waals surface area (Å²) in [5, 5.41) is 8.35. The molecule has 3 nitrogen and oxygen atoms in total. The lowest BCUT2D eigenvalue weighted by molar-refractivity contribution is -0.137. The second-order valence-electron chi connectivity index (χ2n) is 3.03. The van der Waals surface area contributed by atoms with Gasteiger partial charge in [0.1, 0.15) is 11.6 Å². The molecular weight excluding hydrogens is 223 g/mol. The van der Waals surface area contributed by atoms with Crippen LogP contribution in [0, 0.1) is 12.7 Å². The Morgan fingerprint density at radius 3 is 2.80 bits per heavy atom. The molecule has 0 unspecified atom stereocenters. The van der Waals surface area contributed by atoms with Crippen molar-refractivity contribution in [3.05, 3.63) is 28.5 Å². The number of rotatable bonds is 4. The van der Waals surface area contributed by atoms with E-state index in [0.29, 0.717) is 11.3 Å². The minimum Gasteiger partial charge on any atom is -0.493 e. The van der Waals surface area contributed by atoms with Gasteiger partial charge in [-0.3, -0.25) is 4.79 Å². The van der Waals surface area contributed by atoms with Crippen molar-refractivity contribution in [2.24, 2.45) is 0 Å². The van der Waals surface area contributed by atoms with Crippen molar-refractivity contribution < 1.29 is 19.0 Å². The lowest BCUT2D eigenvalue weighted by atomic mass is 10.2. The number of hydrogen-bond acceptors (Lipinski definition) is 2. The Labute approximate surface area is 91.4 Å². The van der Waals surface area contributed by atoms with Crippen molar-refractivity contribution in [2.45, 2.75) is 13.3 Å². The van der Waals surface area contributed by atoms with Gasteiger partial charge in [0, 0.05) is 6.07 Å². The SMILES string of the molecule is Cc1cc(OCCC(=O)O)cc(Cl)c1F. The standard InChI is InChI=1S/C10H10ClFO3/c1-6-4-7(5-8(11)10(6)12)15-3-2-9(13)14/h4-5H,2-3H2,1H3,(H,13,14). The van der Waals surface area contributed by atoms with Gasteiger partial charge in [-0.15, -0.1) is 0 Å². The van der Waals surface area contributed by atoms with Crippen molar-refractivity contribution in [2.75, 3.05) is 6.61 Å². The summed E-state index contributed by atoms with van der Waals surface area (Å²) in [4.78, 5) is 10.2. The van der Waals surface area contributed by atoms with Gasteiger partial charge < -0.3 is 9.84 Å². The Hall–Kier alpha value is -1.29. The third-order valence-corrected chi connectivity index (χ3v) is 2.04. The van der Waals surface area contributed by atoms with Crippen LogP contribution in [0.15, 0.2) is 12.1 Å². The smallest absolute Gasteiger partial charge is 0.306 e. The van der Waals surface area contributed by atoms with Crippen molar-refractivity contribution in [1.29, 1.82) is 0 Å². The zero-order chi connectivity index (χ0) is 11.4. The molecule has 0 aliphatic heterocycles. The average molecular weight is 233 g/mol. The van der Waals surface area contributed by atoms with Gasteiger partial charge in [-0.25, -0.2) is 4.39 Å². The van der Waals surface area contributed by atoms with Gasteiger partial charge in [-0.05, 0) is 18.6 Å². The molecule has 0 amide bonds. The number of benzene rings is 1. The summed E-state index contributed by atoms with van der Waals surface area (Å²) in [5.41, 5.74) is 0.368. The number of carbonyl (C=O) groups is 1. The van der Waals surface area contributed by atoms with Crippen LogP contribution in [0.1, 0.15) is 12.0 Å². The number of carboxylic acid groups (broad SMARTS) is 1. The van der Waals surface area contributed by atoms with E-state index in [1.807, 2.05) is 0 Å². The predicted molar refractivity (Wildman–Crippen MR) is 53.9 cm³/mol. The lowest BCUT2D eigenvalue weighted by Gasteiger charge is -2.07. The third kappa shape index (κ3) is 3.40. The second-order valence-corrected chi connectivity index (χ2v) is 3.44. The van der Waals surface area contributed by atoms with Crippen molar-refractivity contribution in [3.63, 3.8) is 0 Å². The van der Waals surface area contributed by atoms with Gasteiger partial charge in [-0.1, -0.05) is 11.6 Å². The minimum absolute atomic E-state index is 0.0275. The van der Waals surface area contributed by atoms with E-state index >= 15 is 0 Å². The first kappa shape index (κ1) is 11.8. The normalized spacial score (nSPS) is 10.1. The van der Waals surface area contributed by atoms with E-state index in [-0.39, 0.29) is 18.1 Å². The first-order valence-electron chi connectivity index (χ1n) is 4.31. The van der Waals surface area contributed by atoms with Gasteiger partial charge in [-0.2, -0.15) is 0 Å². The van der Waals surface area contributed by atoms with Crippen LogP contribution in [-0.2, 0) is 4.79 Å². The second kappa shape index (κ2) is 4.98. The van der Waals surface area contributed by atoms with Gasteiger partial charge in [0.2, 0.25) is 0 Å². The molecule has 82 valence electrons. The first-order valence-corrected chi connectivity index (χ1v) is 4.68. The van der Waals surface area contributed by atoms with E-state index in [1.165, 1.54) is 12.1 Å². The summed E-state index contributed by atoms with van der Waals surface area (Å²) in [6.45, 7) is 1.60. The van der Waals surface area contributed by atoms with Crippen molar-refractivity contribution in [1.82, 2.24) is 0 Å². The molecule has 1 rings (SSSR count). The molecule has 0 heterocycles. The average Bonchev–Trinajstić information content (AvgIpc) is 2.13. The molecule has 0 aliphatic carbocycles. The summed E-state index contributed by atoms with van der Waals surface area (Å²) in [5.74, 6) is -1.05. The van der Waals surface area contributed by atoms with E-state index in [9.17, 15) is 9.18 Å². The number of halogens is 2. The summed E-state index contributed by atoms with van der Waals surface area (Å²) < 4.78 is 18.2. The molecule has 0 bridgehead atoms. The maximum absolute atomic E-state index is 13.1. The number of carboxylic acids is 1. The Morgan fingerprint density at radius 2 is 2.27 bits per heavy atom.